The van der Waals surface area contributed by atoms with Crippen molar-refractivity contribution >= 4 is 0 Å². The summed E-state index contributed by atoms with van der Waals surface area (Å²) in [6.45, 7) is 7.51. The standard InChI is InChI=1S/C11H25NO3/c1-10(2)5-7-15-8-6-12-9-11(13-3)14-4/h10-12H,5-9H2,1-4H3. The van der Waals surface area contributed by atoms with Crippen molar-refractivity contribution < 1.29 is 14.2 Å². The third-order valence-electron chi connectivity index (χ3n) is 2.10. The van der Waals surface area contributed by atoms with Crippen LogP contribution in [0.1, 0.15) is 20.3 Å². The van der Waals surface area contributed by atoms with Crippen LogP contribution in [0.3, 0.4) is 0 Å². The molecule has 0 atom stereocenters. The molecule has 0 unspecified atom stereocenters. The van der Waals surface area contributed by atoms with Crippen LogP contribution >= 0.6 is 0 Å². The van der Waals surface area contributed by atoms with Gasteiger partial charge >= 0.3 is 0 Å². The molecule has 0 fully saturated rings. The van der Waals surface area contributed by atoms with E-state index in [2.05, 4.69) is 19.2 Å². The molecule has 0 aliphatic carbocycles. The Kier molecular flexibility index (Phi) is 10.3. The Bertz CT molecular complexity index is 127. The van der Waals surface area contributed by atoms with Gasteiger partial charge in [0.2, 0.25) is 0 Å². The molecule has 0 aliphatic rings. The van der Waals surface area contributed by atoms with Gasteiger partial charge in [0.15, 0.2) is 6.29 Å². The van der Waals surface area contributed by atoms with Crippen LogP contribution in [0.15, 0.2) is 0 Å². The second-order valence-corrected chi connectivity index (χ2v) is 3.90. The number of nitrogens with one attached hydrogen (secondary N) is 1. The monoisotopic (exact) mass is 219 g/mol. The first kappa shape index (κ1) is 14.8. The van der Waals surface area contributed by atoms with Crippen molar-refractivity contribution in [1.29, 1.82) is 0 Å². The highest BCUT2D eigenvalue weighted by Crippen LogP contribution is 1.98. The molecule has 4 heteroatoms. The first-order chi connectivity index (χ1) is 7.20. The lowest BCUT2D eigenvalue weighted by Crippen LogP contribution is -2.31. The van der Waals surface area contributed by atoms with E-state index in [-0.39, 0.29) is 6.29 Å². The van der Waals surface area contributed by atoms with E-state index < -0.39 is 0 Å². The largest absolute Gasteiger partial charge is 0.380 e. The van der Waals surface area contributed by atoms with Gasteiger partial charge in [0.05, 0.1) is 6.61 Å². The quantitative estimate of drug-likeness (QED) is 0.443. The molecule has 0 radical (unpaired) electrons. The number of hydrogen-bond donors (Lipinski definition) is 1. The van der Waals surface area contributed by atoms with Crippen LogP contribution in [-0.2, 0) is 14.2 Å². The van der Waals surface area contributed by atoms with Crippen molar-refractivity contribution in [3.8, 4) is 0 Å². The van der Waals surface area contributed by atoms with Crippen molar-refractivity contribution in [2.75, 3.05) is 40.5 Å². The SMILES string of the molecule is COC(CNCCOCCC(C)C)OC. The fraction of sp³-hybridized carbons (Fsp3) is 1.00. The Morgan fingerprint density at radius 2 is 1.73 bits per heavy atom. The summed E-state index contributed by atoms with van der Waals surface area (Å²) < 4.78 is 15.5. The molecule has 4 nitrogen and oxygen atoms in total. The average molecular weight is 219 g/mol. The van der Waals surface area contributed by atoms with E-state index in [0.29, 0.717) is 12.5 Å². The Labute approximate surface area is 93.3 Å². The molecule has 15 heavy (non-hydrogen) atoms. The molecular formula is C11H25NO3. The highest BCUT2D eigenvalue weighted by atomic mass is 16.7. The zero-order valence-electron chi connectivity index (χ0n) is 10.4. The van der Waals surface area contributed by atoms with Crippen molar-refractivity contribution in [1.82, 2.24) is 5.32 Å². The van der Waals surface area contributed by atoms with Crippen molar-refractivity contribution in [2.45, 2.75) is 26.6 Å². The van der Waals surface area contributed by atoms with E-state index in [9.17, 15) is 0 Å². The lowest BCUT2D eigenvalue weighted by atomic mass is 10.1. The molecule has 0 heterocycles. The maximum absolute atomic E-state index is 5.45. The van der Waals surface area contributed by atoms with Gasteiger partial charge in [0.25, 0.3) is 0 Å². The fourth-order valence-electron chi connectivity index (χ4n) is 1.05. The van der Waals surface area contributed by atoms with Crippen LogP contribution in [0.4, 0.5) is 0 Å². The van der Waals surface area contributed by atoms with Gasteiger partial charge in [0.1, 0.15) is 0 Å². The van der Waals surface area contributed by atoms with Gasteiger partial charge in [-0.15, -0.1) is 0 Å². The number of hydrogen-bond acceptors (Lipinski definition) is 4. The van der Waals surface area contributed by atoms with Gasteiger partial charge in [0, 0.05) is 33.9 Å². The summed E-state index contributed by atoms with van der Waals surface area (Å²) in [5.41, 5.74) is 0. The average Bonchev–Trinajstić information content (AvgIpc) is 2.22. The van der Waals surface area contributed by atoms with Crippen molar-refractivity contribution in [3.05, 3.63) is 0 Å². The minimum atomic E-state index is -0.166. The van der Waals surface area contributed by atoms with E-state index >= 15 is 0 Å². The van der Waals surface area contributed by atoms with Crippen molar-refractivity contribution in [3.63, 3.8) is 0 Å². The van der Waals surface area contributed by atoms with Crippen LogP contribution in [0.5, 0.6) is 0 Å². The zero-order valence-corrected chi connectivity index (χ0v) is 10.4. The number of rotatable bonds is 10. The van der Waals surface area contributed by atoms with E-state index in [1.54, 1.807) is 14.2 Å². The fourth-order valence-corrected chi connectivity index (χ4v) is 1.05. The smallest absolute Gasteiger partial charge is 0.169 e. The molecule has 0 aromatic rings. The molecule has 0 aromatic heterocycles. The van der Waals surface area contributed by atoms with E-state index in [4.69, 9.17) is 14.2 Å². The molecule has 1 N–H and O–H groups in total. The molecule has 0 spiro atoms. The van der Waals surface area contributed by atoms with Crippen LogP contribution in [0, 0.1) is 5.92 Å². The van der Waals surface area contributed by atoms with E-state index in [1.165, 1.54) is 0 Å². The topological polar surface area (TPSA) is 39.7 Å². The van der Waals surface area contributed by atoms with Gasteiger partial charge in [-0.05, 0) is 12.3 Å². The molecular weight excluding hydrogens is 194 g/mol. The molecule has 0 saturated heterocycles. The summed E-state index contributed by atoms with van der Waals surface area (Å²) in [6.07, 6.45) is 0.958. The van der Waals surface area contributed by atoms with Crippen LogP contribution in [0.2, 0.25) is 0 Å². The van der Waals surface area contributed by atoms with E-state index in [1.807, 2.05) is 0 Å². The first-order valence-electron chi connectivity index (χ1n) is 5.54. The zero-order chi connectivity index (χ0) is 11.5. The number of methoxy groups -OCH3 is 2. The summed E-state index contributed by atoms with van der Waals surface area (Å²) in [5.74, 6) is 0.712. The molecule has 0 amide bonds. The Hall–Kier alpha value is -0.160. The highest BCUT2D eigenvalue weighted by Gasteiger charge is 2.02. The van der Waals surface area contributed by atoms with Gasteiger partial charge in [-0.1, -0.05) is 13.8 Å². The van der Waals surface area contributed by atoms with Crippen molar-refractivity contribution in [2.24, 2.45) is 5.92 Å². The molecule has 0 aliphatic heterocycles. The Morgan fingerprint density at radius 3 is 2.27 bits per heavy atom. The van der Waals surface area contributed by atoms with Gasteiger partial charge < -0.3 is 19.5 Å². The maximum Gasteiger partial charge on any atom is 0.169 e. The highest BCUT2D eigenvalue weighted by molar-refractivity contribution is 4.50. The van der Waals surface area contributed by atoms with Gasteiger partial charge in [-0.3, -0.25) is 0 Å². The second-order valence-electron chi connectivity index (χ2n) is 3.90. The van der Waals surface area contributed by atoms with Gasteiger partial charge in [-0.25, -0.2) is 0 Å². The first-order valence-corrected chi connectivity index (χ1v) is 5.54. The van der Waals surface area contributed by atoms with Crippen LogP contribution in [0.25, 0.3) is 0 Å². The van der Waals surface area contributed by atoms with Crippen LogP contribution in [-0.4, -0.2) is 46.8 Å². The predicted molar refractivity (Wildman–Crippen MR) is 60.9 cm³/mol. The normalized spacial score (nSPS) is 11.6. The predicted octanol–water partition coefficient (Wildman–Crippen LogP) is 1.26. The molecule has 0 aromatic carbocycles. The van der Waals surface area contributed by atoms with E-state index in [0.717, 1.165) is 26.2 Å². The maximum atomic E-state index is 5.45. The number of ether oxygens (including phenoxy) is 3. The molecule has 0 bridgehead atoms. The third-order valence-corrected chi connectivity index (χ3v) is 2.10. The van der Waals surface area contributed by atoms with Gasteiger partial charge in [-0.2, -0.15) is 0 Å². The molecule has 92 valence electrons. The summed E-state index contributed by atoms with van der Waals surface area (Å²) in [5, 5.41) is 3.20. The summed E-state index contributed by atoms with van der Waals surface area (Å²) in [4.78, 5) is 0. The second kappa shape index (κ2) is 10.4. The summed E-state index contributed by atoms with van der Waals surface area (Å²) >= 11 is 0. The summed E-state index contributed by atoms with van der Waals surface area (Å²) in [7, 11) is 3.27. The lowest BCUT2D eigenvalue weighted by molar-refractivity contribution is -0.0990. The summed E-state index contributed by atoms with van der Waals surface area (Å²) in [6, 6.07) is 0. The lowest BCUT2D eigenvalue weighted by Gasteiger charge is -2.14. The third kappa shape index (κ3) is 10.1. The molecule has 0 rings (SSSR count). The minimum absolute atomic E-state index is 0.166. The van der Waals surface area contributed by atoms with Crippen LogP contribution < -0.4 is 5.32 Å². The molecule has 0 saturated carbocycles. The Balaban J connectivity index is 3.10. The minimum Gasteiger partial charge on any atom is -0.380 e. The Morgan fingerprint density at radius 1 is 1.07 bits per heavy atom.